The first-order valence-corrected chi connectivity index (χ1v) is 26.2. The summed E-state index contributed by atoms with van der Waals surface area (Å²) < 4.78 is 32.9. The predicted octanol–water partition coefficient (Wildman–Crippen LogP) is 14.6. The monoisotopic (exact) mass is 844 g/mol. The quantitative estimate of drug-likeness (QED) is 0.0266. The van der Waals surface area contributed by atoms with Crippen molar-refractivity contribution in [3.63, 3.8) is 0 Å². The van der Waals surface area contributed by atoms with E-state index in [4.69, 9.17) is 24.3 Å². The van der Waals surface area contributed by atoms with E-state index in [0.29, 0.717) is 6.42 Å². The van der Waals surface area contributed by atoms with Crippen molar-refractivity contribution in [3.05, 3.63) is 12.2 Å². The normalized spacial score (nSPS) is 13.2. The van der Waals surface area contributed by atoms with Gasteiger partial charge in [0.1, 0.15) is 6.61 Å². The lowest BCUT2D eigenvalue weighted by molar-refractivity contribution is -0.161. The highest BCUT2D eigenvalue weighted by Crippen LogP contribution is 2.43. The van der Waals surface area contributed by atoms with Gasteiger partial charge in [-0.1, -0.05) is 212 Å². The maximum Gasteiger partial charge on any atom is 0.472 e. The minimum Gasteiger partial charge on any atom is -0.462 e. The highest BCUT2D eigenvalue weighted by Gasteiger charge is 2.26. The second-order valence-electron chi connectivity index (χ2n) is 16.7. The molecule has 2 atom stereocenters. The van der Waals surface area contributed by atoms with Crippen molar-refractivity contribution in [2.24, 2.45) is 5.73 Å². The number of esters is 2. The molecule has 0 aliphatic heterocycles. The summed E-state index contributed by atoms with van der Waals surface area (Å²) in [7, 11) is -4.38. The van der Waals surface area contributed by atoms with Gasteiger partial charge in [-0.15, -0.1) is 0 Å². The second-order valence-corrected chi connectivity index (χ2v) is 18.1. The maximum atomic E-state index is 12.6. The number of nitrogens with two attached hydrogens (primary N) is 1. The predicted molar refractivity (Wildman–Crippen MR) is 243 cm³/mol. The molecule has 0 fully saturated rings. The molecule has 0 radical (unpaired) electrons. The first-order chi connectivity index (χ1) is 28.3. The Bertz CT molecular complexity index is 964. The largest absolute Gasteiger partial charge is 0.472 e. The van der Waals surface area contributed by atoms with Crippen molar-refractivity contribution in [3.8, 4) is 0 Å². The van der Waals surface area contributed by atoms with Crippen LogP contribution in [-0.2, 0) is 32.7 Å². The number of ether oxygens (including phenoxy) is 2. The van der Waals surface area contributed by atoms with Gasteiger partial charge in [0.05, 0.1) is 13.2 Å². The number of hydrogen-bond acceptors (Lipinski definition) is 8. The maximum absolute atomic E-state index is 12.6. The average molecular weight is 844 g/mol. The fourth-order valence-corrected chi connectivity index (χ4v) is 7.99. The lowest BCUT2D eigenvalue weighted by Crippen LogP contribution is -2.29. The van der Waals surface area contributed by atoms with E-state index in [-0.39, 0.29) is 38.6 Å². The number of carbonyl (C=O) groups excluding carboxylic acids is 2. The van der Waals surface area contributed by atoms with Crippen LogP contribution in [0.15, 0.2) is 12.2 Å². The minimum absolute atomic E-state index is 0.0550. The molecule has 0 aliphatic rings. The van der Waals surface area contributed by atoms with Crippen LogP contribution in [-0.4, -0.2) is 49.3 Å². The summed E-state index contributed by atoms with van der Waals surface area (Å²) in [5.41, 5.74) is 5.36. The summed E-state index contributed by atoms with van der Waals surface area (Å²) >= 11 is 0. The Balaban J connectivity index is 4.00. The van der Waals surface area contributed by atoms with E-state index in [9.17, 15) is 19.0 Å². The summed E-state index contributed by atoms with van der Waals surface area (Å²) in [4.78, 5) is 35.0. The Morgan fingerprint density at radius 2 is 0.845 bits per heavy atom. The average Bonchev–Trinajstić information content (AvgIpc) is 3.21. The molecule has 9 nitrogen and oxygen atoms in total. The summed E-state index contributed by atoms with van der Waals surface area (Å²) in [5, 5.41) is 0. The molecule has 0 aromatic carbocycles. The number of carbonyl (C=O) groups is 2. The van der Waals surface area contributed by atoms with Gasteiger partial charge in [-0.05, 0) is 38.5 Å². The van der Waals surface area contributed by atoms with Crippen LogP contribution in [0.25, 0.3) is 0 Å². The van der Waals surface area contributed by atoms with Gasteiger partial charge in [-0.25, -0.2) is 4.57 Å². The highest BCUT2D eigenvalue weighted by molar-refractivity contribution is 7.47. The zero-order chi connectivity index (χ0) is 42.5. The Morgan fingerprint density at radius 1 is 0.500 bits per heavy atom. The van der Waals surface area contributed by atoms with Gasteiger partial charge < -0.3 is 20.1 Å². The number of unbranched alkanes of at least 4 members (excludes halogenated alkanes) is 32. The van der Waals surface area contributed by atoms with Crippen molar-refractivity contribution < 1.29 is 37.6 Å². The van der Waals surface area contributed by atoms with E-state index < -0.39 is 26.5 Å². The van der Waals surface area contributed by atoms with Gasteiger partial charge in [0.15, 0.2) is 6.10 Å². The zero-order valence-electron chi connectivity index (χ0n) is 38.1. The third-order valence-corrected chi connectivity index (χ3v) is 11.9. The van der Waals surface area contributed by atoms with Crippen LogP contribution in [0.1, 0.15) is 251 Å². The molecule has 2 unspecified atom stereocenters. The first-order valence-electron chi connectivity index (χ1n) is 24.7. The van der Waals surface area contributed by atoms with Crippen molar-refractivity contribution in [1.29, 1.82) is 0 Å². The van der Waals surface area contributed by atoms with Crippen molar-refractivity contribution in [1.82, 2.24) is 0 Å². The fourth-order valence-electron chi connectivity index (χ4n) is 7.22. The Kier molecular flexibility index (Phi) is 44.3. The summed E-state index contributed by atoms with van der Waals surface area (Å²) in [5.74, 6) is -0.824. The van der Waals surface area contributed by atoms with E-state index in [0.717, 1.165) is 51.4 Å². The van der Waals surface area contributed by atoms with E-state index in [1.807, 2.05) is 0 Å². The highest BCUT2D eigenvalue weighted by atomic mass is 31.2. The molecular formula is C48H94NO8P. The Labute approximate surface area is 358 Å². The standard InChI is InChI=1S/C48H94NO8P/c1-3-5-7-9-11-13-15-17-19-20-21-22-23-24-25-27-28-30-32-34-36-38-40-47(50)54-44-46(45-56-58(52,53)55-43-42-49)57-48(51)41-39-37-35-33-31-29-26-18-16-14-12-10-8-6-4-2/h18,26,46H,3-17,19-25,27-45,49H2,1-2H3,(H,52,53)/b26-18-. The molecular weight excluding hydrogens is 750 g/mol. The van der Waals surface area contributed by atoms with Gasteiger partial charge in [-0.2, -0.15) is 0 Å². The van der Waals surface area contributed by atoms with Crippen LogP contribution in [0.3, 0.4) is 0 Å². The van der Waals surface area contributed by atoms with Crippen molar-refractivity contribution in [2.75, 3.05) is 26.4 Å². The van der Waals surface area contributed by atoms with Gasteiger partial charge in [0, 0.05) is 19.4 Å². The lowest BCUT2D eigenvalue weighted by Gasteiger charge is -2.19. The van der Waals surface area contributed by atoms with Crippen LogP contribution in [0, 0.1) is 0 Å². The van der Waals surface area contributed by atoms with Gasteiger partial charge >= 0.3 is 19.8 Å². The minimum atomic E-state index is -4.38. The van der Waals surface area contributed by atoms with E-state index in [1.165, 1.54) is 167 Å². The lowest BCUT2D eigenvalue weighted by atomic mass is 10.0. The summed E-state index contributed by atoms with van der Waals surface area (Å²) in [6.07, 6.45) is 48.2. The summed E-state index contributed by atoms with van der Waals surface area (Å²) in [6.45, 7) is 3.76. The Morgan fingerprint density at radius 3 is 1.22 bits per heavy atom. The van der Waals surface area contributed by atoms with E-state index in [2.05, 4.69) is 26.0 Å². The fraction of sp³-hybridized carbons (Fsp3) is 0.917. The number of phosphoric acid groups is 1. The van der Waals surface area contributed by atoms with Gasteiger partial charge in [0.25, 0.3) is 0 Å². The topological polar surface area (TPSA) is 134 Å². The molecule has 0 saturated heterocycles. The smallest absolute Gasteiger partial charge is 0.462 e. The van der Waals surface area contributed by atoms with Gasteiger partial charge in [-0.3, -0.25) is 18.6 Å². The zero-order valence-corrected chi connectivity index (χ0v) is 38.9. The molecule has 0 saturated carbocycles. The second kappa shape index (κ2) is 45.3. The number of hydrogen-bond donors (Lipinski definition) is 2. The van der Waals surface area contributed by atoms with Crippen molar-refractivity contribution >= 4 is 19.8 Å². The molecule has 0 aliphatic carbocycles. The van der Waals surface area contributed by atoms with E-state index in [1.54, 1.807) is 0 Å². The molecule has 3 N–H and O–H groups in total. The third-order valence-electron chi connectivity index (χ3n) is 10.9. The Hall–Kier alpha value is -1.25. The van der Waals surface area contributed by atoms with Crippen LogP contribution < -0.4 is 5.73 Å². The molecule has 10 heteroatoms. The molecule has 0 amide bonds. The number of phosphoric ester groups is 1. The molecule has 0 rings (SSSR count). The van der Waals surface area contributed by atoms with Crippen LogP contribution in [0.2, 0.25) is 0 Å². The first kappa shape index (κ1) is 56.8. The molecule has 0 bridgehead atoms. The molecule has 0 heterocycles. The SMILES string of the molecule is CCCCCCCC/C=C\CCCCCCCC(=O)OC(COC(=O)CCCCCCCCCCCCCCCCCCCCCCCC)COP(=O)(O)OCCN. The third kappa shape index (κ3) is 44.3. The van der Waals surface area contributed by atoms with Crippen LogP contribution in [0.4, 0.5) is 0 Å². The molecule has 58 heavy (non-hydrogen) atoms. The van der Waals surface area contributed by atoms with Crippen molar-refractivity contribution in [2.45, 2.75) is 258 Å². The molecule has 0 spiro atoms. The molecule has 0 aromatic rings. The van der Waals surface area contributed by atoms with Crippen LogP contribution >= 0.6 is 7.82 Å². The van der Waals surface area contributed by atoms with Crippen LogP contribution in [0.5, 0.6) is 0 Å². The molecule has 344 valence electrons. The number of rotatable bonds is 47. The molecule has 0 aromatic heterocycles. The van der Waals surface area contributed by atoms with Gasteiger partial charge in [0.2, 0.25) is 0 Å². The summed E-state index contributed by atoms with van der Waals surface area (Å²) in [6, 6.07) is 0. The number of allylic oxidation sites excluding steroid dienone is 2. The van der Waals surface area contributed by atoms with E-state index >= 15 is 0 Å².